The number of nitrogens with zero attached hydrogens (tertiary/aromatic N) is 2. The van der Waals surface area contributed by atoms with Crippen LogP contribution < -0.4 is 5.32 Å². The highest BCUT2D eigenvalue weighted by Gasteiger charge is 2.19. The van der Waals surface area contributed by atoms with Crippen molar-refractivity contribution in [1.29, 1.82) is 0 Å². The van der Waals surface area contributed by atoms with Crippen LogP contribution in [0.4, 0.5) is 0 Å². The van der Waals surface area contributed by atoms with Crippen molar-refractivity contribution >= 4 is 0 Å². The molecule has 4 nitrogen and oxygen atoms in total. The van der Waals surface area contributed by atoms with Gasteiger partial charge in [-0.1, -0.05) is 0 Å². The Balaban J connectivity index is 1.97. The highest BCUT2D eigenvalue weighted by molar-refractivity contribution is 4.76. The third kappa shape index (κ3) is 5.25. The molecule has 1 heterocycles. The van der Waals surface area contributed by atoms with Gasteiger partial charge in [0, 0.05) is 51.9 Å². The van der Waals surface area contributed by atoms with Crippen LogP contribution in [0.3, 0.4) is 0 Å². The lowest BCUT2D eigenvalue weighted by Gasteiger charge is -2.37. The minimum Gasteiger partial charge on any atom is -0.380 e. The van der Waals surface area contributed by atoms with E-state index in [1.165, 1.54) is 19.6 Å². The van der Waals surface area contributed by atoms with Crippen LogP contribution >= 0.6 is 0 Å². The van der Waals surface area contributed by atoms with Crippen LogP contribution in [0.1, 0.15) is 13.8 Å². The minimum absolute atomic E-state index is 0.692. The van der Waals surface area contributed by atoms with E-state index < -0.39 is 0 Å². The highest BCUT2D eigenvalue weighted by Crippen LogP contribution is 2.05. The topological polar surface area (TPSA) is 27.7 Å². The maximum atomic E-state index is 5.27. The zero-order valence-electron chi connectivity index (χ0n) is 11.0. The summed E-state index contributed by atoms with van der Waals surface area (Å²) in [6.45, 7) is 12.8. The summed E-state index contributed by atoms with van der Waals surface area (Å²) < 4.78 is 5.27. The Morgan fingerprint density at radius 1 is 1.31 bits per heavy atom. The molecule has 16 heavy (non-hydrogen) atoms. The summed E-state index contributed by atoms with van der Waals surface area (Å²) in [5.74, 6) is 0. The first-order valence-electron chi connectivity index (χ1n) is 6.45. The van der Waals surface area contributed by atoms with Crippen LogP contribution in [0.25, 0.3) is 0 Å². The van der Waals surface area contributed by atoms with Crippen LogP contribution in [-0.2, 0) is 4.74 Å². The Hall–Kier alpha value is -0.160. The van der Waals surface area contributed by atoms with Gasteiger partial charge in [-0.25, -0.2) is 0 Å². The van der Waals surface area contributed by atoms with E-state index in [9.17, 15) is 0 Å². The molecule has 1 N–H and O–H groups in total. The van der Waals surface area contributed by atoms with E-state index >= 15 is 0 Å². The Morgan fingerprint density at radius 3 is 2.81 bits per heavy atom. The predicted octanol–water partition coefficient (Wildman–Crippen LogP) is 0.248. The van der Waals surface area contributed by atoms with Gasteiger partial charge in [0.25, 0.3) is 0 Å². The predicted molar refractivity (Wildman–Crippen MR) is 67.9 cm³/mol. The van der Waals surface area contributed by atoms with Gasteiger partial charge in [0.15, 0.2) is 0 Å². The molecular weight excluding hydrogens is 202 g/mol. The first kappa shape index (κ1) is 13.9. The van der Waals surface area contributed by atoms with E-state index in [-0.39, 0.29) is 0 Å². The smallest absolute Gasteiger partial charge is 0.0590 e. The van der Waals surface area contributed by atoms with Crippen LogP contribution in [0.15, 0.2) is 0 Å². The number of nitrogens with one attached hydrogen (secondary N) is 1. The van der Waals surface area contributed by atoms with Crippen molar-refractivity contribution < 1.29 is 4.74 Å². The fourth-order valence-corrected chi connectivity index (χ4v) is 1.98. The van der Waals surface area contributed by atoms with Gasteiger partial charge in [-0.05, 0) is 20.9 Å². The molecule has 4 heteroatoms. The number of rotatable bonds is 7. The Bertz CT molecular complexity index is 178. The molecular formula is C12H27N3O. The maximum absolute atomic E-state index is 5.27. The second-order valence-electron chi connectivity index (χ2n) is 4.58. The molecule has 1 rings (SSSR count). The average molecular weight is 229 g/mol. The highest BCUT2D eigenvalue weighted by atomic mass is 16.5. The summed E-state index contributed by atoms with van der Waals surface area (Å²) >= 11 is 0. The van der Waals surface area contributed by atoms with Crippen LogP contribution in [0, 0.1) is 0 Å². The van der Waals surface area contributed by atoms with E-state index in [0.717, 1.165) is 32.8 Å². The molecule has 1 saturated heterocycles. The molecule has 0 aromatic rings. The molecule has 0 spiro atoms. The molecule has 0 aromatic carbocycles. The summed E-state index contributed by atoms with van der Waals surface area (Å²) in [5, 5.41) is 3.41. The van der Waals surface area contributed by atoms with Crippen molar-refractivity contribution in [3.8, 4) is 0 Å². The zero-order chi connectivity index (χ0) is 11.8. The average Bonchev–Trinajstić information content (AvgIpc) is 2.28. The van der Waals surface area contributed by atoms with E-state index in [4.69, 9.17) is 4.74 Å². The van der Waals surface area contributed by atoms with Gasteiger partial charge < -0.3 is 15.0 Å². The fraction of sp³-hybridized carbons (Fsp3) is 1.00. The SMILES string of the molecule is CCOCCNCCN1CCN(C)C(C)C1. The number of piperazine rings is 1. The van der Waals surface area contributed by atoms with Crippen molar-refractivity contribution in [3.05, 3.63) is 0 Å². The molecule has 1 atom stereocenters. The van der Waals surface area contributed by atoms with E-state index in [2.05, 4.69) is 29.1 Å². The normalized spacial score (nSPS) is 23.8. The lowest BCUT2D eigenvalue weighted by Crippen LogP contribution is -2.51. The Morgan fingerprint density at radius 2 is 2.12 bits per heavy atom. The van der Waals surface area contributed by atoms with Gasteiger partial charge in [0.05, 0.1) is 6.61 Å². The van der Waals surface area contributed by atoms with E-state index in [1.807, 2.05) is 6.92 Å². The monoisotopic (exact) mass is 229 g/mol. The Kier molecular flexibility index (Phi) is 6.96. The molecule has 0 aliphatic carbocycles. The van der Waals surface area contributed by atoms with Gasteiger partial charge in [-0.2, -0.15) is 0 Å². The molecule has 1 fully saturated rings. The standard InChI is InChI=1S/C12H27N3O/c1-4-16-10-6-13-5-7-15-9-8-14(3)12(2)11-15/h12-13H,4-11H2,1-3H3. The molecule has 96 valence electrons. The van der Waals surface area contributed by atoms with Crippen molar-refractivity contribution in [2.45, 2.75) is 19.9 Å². The lowest BCUT2D eigenvalue weighted by molar-refractivity contribution is 0.104. The van der Waals surface area contributed by atoms with Crippen LogP contribution in [0.2, 0.25) is 0 Å². The number of hydrogen-bond donors (Lipinski definition) is 1. The van der Waals surface area contributed by atoms with Gasteiger partial charge in [0.1, 0.15) is 0 Å². The van der Waals surface area contributed by atoms with E-state index in [1.54, 1.807) is 0 Å². The summed E-state index contributed by atoms with van der Waals surface area (Å²) in [4.78, 5) is 4.97. The summed E-state index contributed by atoms with van der Waals surface area (Å²) in [6.07, 6.45) is 0. The first-order chi connectivity index (χ1) is 7.74. The molecule has 0 amide bonds. The van der Waals surface area contributed by atoms with E-state index in [0.29, 0.717) is 6.04 Å². The van der Waals surface area contributed by atoms with Crippen molar-refractivity contribution in [2.75, 3.05) is 59.5 Å². The molecule has 0 saturated carbocycles. The summed E-state index contributed by atoms with van der Waals surface area (Å²) in [6, 6.07) is 0.692. The third-order valence-electron chi connectivity index (χ3n) is 3.28. The minimum atomic E-state index is 0.692. The second-order valence-corrected chi connectivity index (χ2v) is 4.58. The summed E-state index contributed by atoms with van der Waals surface area (Å²) in [7, 11) is 2.21. The zero-order valence-corrected chi connectivity index (χ0v) is 11.0. The Labute approximate surface area is 99.9 Å². The van der Waals surface area contributed by atoms with Gasteiger partial charge in [-0.3, -0.25) is 4.90 Å². The number of ether oxygens (including phenoxy) is 1. The fourth-order valence-electron chi connectivity index (χ4n) is 1.98. The van der Waals surface area contributed by atoms with Crippen molar-refractivity contribution in [2.24, 2.45) is 0 Å². The molecule has 1 unspecified atom stereocenters. The first-order valence-corrected chi connectivity index (χ1v) is 6.45. The van der Waals surface area contributed by atoms with Gasteiger partial charge >= 0.3 is 0 Å². The second kappa shape index (κ2) is 8.01. The molecule has 0 bridgehead atoms. The quantitative estimate of drug-likeness (QED) is 0.633. The molecule has 0 aromatic heterocycles. The molecule has 1 aliphatic heterocycles. The number of hydrogen-bond acceptors (Lipinski definition) is 4. The largest absolute Gasteiger partial charge is 0.380 e. The third-order valence-corrected chi connectivity index (χ3v) is 3.28. The van der Waals surface area contributed by atoms with Gasteiger partial charge in [-0.15, -0.1) is 0 Å². The molecule has 0 radical (unpaired) electrons. The number of likely N-dealkylation sites (N-methyl/N-ethyl adjacent to an activating group) is 1. The van der Waals surface area contributed by atoms with Crippen LogP contribution in [-0.4, -0.2) is 75.4 Å². The van der Waals surface area contributed by atoms with Crippen molar-refractivity contribution in [1.82, 2.24) is 15.1 Å². The van der Waals surface area contributed by atoms with Crippen LogP contribution in [0.5, 0.6) is 0 Å². The van der Waals surface area contributed by atoms with Gasteiger partial charge in [0.2, 0.25) is 0 Å². The lowest BCUT2D eigenvalue weighted by atomic mass is 10.2. The van der Waals surface area contributed by atoms with Crippen molar-refractivity contribution in [3.63, 3.8) is 0 Å². The summed E-state index contributed by atoms with van der Waals surface area (Å²) in [5.41, 5.74) is 0. The molecule has 1 aliphatic rings. The maximum Gasteiger partial charge on any atom is 0.0590 e.